The van der Waals surface area contributed by atoms with Crippen molar-refractivity contribution < 1.29 is 14.1 Å². The third-order valence-electron chi connectivity index (χ3n) is 2.46. The highest BCUT2D eigenvalue weighted by atomic mass is 35.5. The van der Waals surface area contributed by atoms with Crippen molar-refractivity contribution in [2.24, 2.45) is 0 Å². The monoisotopic (exact) mass is 329 g/mol. The Labute approximate surface area is 127 Å². The van der Waals surface area contributed by atoms with Crippen molar-refractivity contribution in [3.63, 3.8) is 0 Å². The molecule has 0 fully saturated rings. The number of nitrogens with one attached hydrogen (secondary N) is 1. The van der Waals surface area contributed by atoms with E-state index in [1.165, 1.54) is 6.07 Å². The Morgan fingerprint density at radius 2 is 2.05 bits per heavy atom. The van der Waals surface area contributed by atoms with Gasteiger partial charge in [0.15, 0.2) is 0 Å². The zero-order valence-electron chi connectivity index (χ0n) is 10.1. The highest BCUT2D eigenvalue weighted by Crippen LogP contribution is 2.25. The summed E-state index contributed by atoms with van der Waals surface area (Å²) in [7, 11) is 0. The smallest absolute Gasteiger partial charge is 0.288 e. The van der Waals surface area contributed by atoms with Gasteiger partial charge >= 0.3 is 0 Å². The van der Waals surface area contributed by atoms with Gasteiger partial charge in [-0.1, -0.05) is 23.2 Å². The van der Waals surface area contributed by atoms with E-state index in [0.717, 1.165) is 24.4 Å². The summed E-state index contributed by atoms with van der Waals surface area (Å²) in [5.41, 5.74) is -0.424. The van der Waals surface area contributed by atoms with Gasteiger partial charge in [0.05, 0.1) is 21.2 Å². The number of pyridine rings is 1. The number of halogens is 3. The Hall–Kier alpha value is -2.25. The number of carbonyl (C=O) groups excluding carboxylic acids is 1. The van der Waals surface area contributed by atoms with Crippen LogP contribution in [0.5, 0.6) is 0 Å². The van der Waals surface area contributed by atoms with Crippen LogP contribution >= 0.6 is 23.2 Å². The molecule has 0 saturated heterocycles. The maximum atomic E-state index is 12.9. The van der Waals surface area contributed by atoms with E-state index in [1.54, 1.807) is 0 Å². The van der Waals surface area contributed by atoms with Crippen LogP contribution in [0, 0.1) is 15.9 Å². The van der Waals surface area contributed by atoms with Gasteiger partial charge < -0.3 is 5.32 Å². The predicted molar refractivity (Wildman–Crippen MR) is 75.3 cm³/mol. The fourth-order valence-electron chi connectivity index (χ4n) is 1.48. The summed E-state index contributed by atoms with van der Waals surface area (Å²) in [5.74, 6) is -1.31. The van der Waals surface area contributed by atoms with E-state index in [2.05, 4.69) is 10.3 Å². The number of hydrogen-bond acceptors (Lipinski definition) is 4. The number of nitro groups is 1. The van der Waals surface area contributed by atoms with Crippen LogP contribution in [0.25, 0.3) is 0 Å². The van der Waals surface area contributed by atoms with Crippen molar-refractivity contribution >= 4 is 40.5 Å². The van der Waals surface area contributed by atoms with Gasteiger partial charge in [-0.2, -0.15) is 0 Å². The molecule has 108 valence electrons. The van der Waals surface area contributed by atoms with Crippen LogP contribution in [0.2, 0.25) is 10.2 Å². The topological polar surface area (TPSA) is 85.1 Å². The third kappa shape index (κ3) is 3.45. The number of rotatable bonds is 3. The first-order valence-corrected chi connectivity index (χ1v) is 6.20. The second kappa shape index (κ2) is 6.02. The van der Waals surface area contributed by atoms with Crippen LogP contribution in [-0.2, 0) is 0 Å². The third-order valence-corrected chi connectivity index (χ3v) is 3.07. The second-order valence-electron chi connectivity index (χ2n) is 3.87. The van der Waals surface area contributed by atoms with E-state index in [0.29, 0.717) is 0 Å². The minimum absolute atomic E-state index is 0.0159. The second-order valence-corrected chi connectivity index (χ2v) is 4.63. The van der Waals surface area contributed by atoms with E-state index >= 15 is 0 Å². The van der Waals surface area contributed by atoms with Crippen molar-refractivity contribution in [3.05, 3.63) is 62.1 Å². The van der Waals surface area contributed by atoms with Crippen LogP contribution in [0.4, 0.5) is 15.8 Å². The number of benzene rings is 1. The summed E-state index contributed by atoms with van der Waals surface area (Å²) in [5, 5.41) is 12.8. The lowest BCUT2D eigenvalue weighted by Crippen LogP contribution is -2.13. The summed E-state index contributed by atoms with van der Waals surface area (Å²) in [4.78, 5) is 25.6. The Kier molecular flexibility index (Phi) is 4.35. The van der Waals surface area contributed by atoms with Gasteiger partial charge in [0.1, 0.15) is 17.2 Å². The maximum Gasteiger partial charge on any atom is 0.288 e. The zero-order valence-corrected chi connectivity index (χ0v) is 11.7. The van der Waals surface area contributed by atoms with E-state index in [9.17, 15) is 19.3 Å². The molecule has 0 aliphatic heterocycles. The summed E-state index contributed by atoms with van der Waals surface area (Å²) in [6.07, 6.45) is 0.935. The first kappa shape index (κ1) is 15.1. The summed E-state index contributed by atoms with van der Waals surface area (Å²) in [6, 6.07) is 4.37. The molecule has 0 aliphatic carbocycles. The van der Waals surface area contributed by atoms with Gasteiger partial charge in [-0.3, -0.25) is 14.9 Å². The fourth-order valence-corrected chi connectivity index (χ4v) is 1.88. The Bertz CT molecular complexity index is 740. The van der Waals surface area contributed by atoms with Gasteiger partial charge in [0, 0.05) is 6.07 Å². The lowest BCUT2D eigenvalue weighted by atomic mass is 10.2. The number of aromatic nitrogens is 1. The molecular formula is C12H6Cl2FN3O3. The van der Waals surface area contributed by atoms with Gasteiger partial charge in [-0.25, -0.2) is 9.37 Å². The van der Waals surface area contributed by atoms with Crippen LogP contribution in [0.3, 0.4) is 0 Å². The first-order valence-electron chi connectivity index (χ1n) is 5.45. The maximum absolute atomic E-state index is 12.9. The Morgan fingerprint density at radius 3 is 2.67 bits per heavy atom. The molecule has 0 radical (unpaired) electrons. The lowest BCUT2D eigenvalue weighted by molar-refractivity contribution is -0.385. The number of anilines is 1. The summed E-state index contributed by atoms with van der Waals surface area (Å²) in [6.45, 7) is 0. The number of nitrogens with zero attached hydrogens (tertiary/aromatic N) is 2. The van der Waals surface area contributed by atoms with Crippen molar-refractivity contribution in [1.29, 1.82) is 0 Å². The summed E-state index contributed by atoms with van der Waals surface area (Å²) < 4.78 is 12.9. The quantitative estimate of drug-likeness (QED) is 0.528. The average molecular weight is 330 g/mol. The van der Waals surface area contributed by atoms with Gasteiger partial charge in [-0.05, 0) is 18.2 Å². The molecule has 1 amide bonds. The molecule has 9 heteroatoms. The lowest BCUT2D eigenvalue weighted by Gasteiger charge is -2.08. The number of carbonyl (C=O) groups is 1. The van der Waals surface area contributed by atoms with Gasteiger partial charge in [0.2, 0.25) is 0 Å². The number of hydrogen-bond donors (Lipinski definition) is 1. The highest BCUT2D eigenvalue weighted by molar-refractivity contribution is 6.35. The molecule has 1 aromatic carbocycles. The van der Waals surface area contributed by atoms with E-state index < -0.39 is 16.6 Å². The zero-order chi connectivity index (χ0) is 15.6. The molecule has 2 rings (SSSR count). The van der Waals surface area contributed by atoms with Crippen molar-refractivity contribution in [2.45, 2.75) is 0 Å². The minimum atomic E-state index is -0.746. The largest absolute Gasteiger partial charge is 0.321 e. The van der Waals surface area contributed by atoms with Crippen LogP contribution in [-0.4, -0.2) is 15.8 Å². The van der Waals surface area contributed by atoms with Crippen LogP contribution < -0.4 is 5.32 Å². The molecule has 0 bridgehead atoms. The molecule has 0 aliphatic rings. The molecule has 1 aromatic heterocycles. The molecule has 0 atom stereocenters. The van der Waals surface area contributed by atoms with E-state index in [4.69, 9.17) is 23.2 Å². The van der Waals surface area contributed by atoms with E-state index in [-0.39, 0.29) is 27.1 Å². The fraction of sp³-hybridized carbons (Fsp3) is 0. The molecule has 0 unspecified atom stereocenters. The summed E-state index contributed by atoms with van der Waals surface area (Å²) >= 11 is 11.5. The van der Waals surface area contributed by atoms with E-state index in [1.807, 2.05) is 0 Å². The van der Waals surface area contributed by atoms with Crippen LogP contribution in [0.15, 0.2) is 30.5 Å². The highest BCUT2D eigenvalue weighted by Gasteiger charge is 2.18. The first-order chi connectivity index (χ1) is 9.88. The van der Waals surface area contributed by atoms with Gasteiger partial charge in [-0.15, -0.1) is 0 Å². The molecule has 1 heterocycles. The Balaban J connectivity index is 2.32. The SMILES string of the molecule is O=C(Nc1ccc(F)cc1Cl)c1cc([N+](=O)[O-])cnc1Cl. The molecule has 6 nitrogen and oxygen atoms in total. The van der Waals surface area contributed by atoms with Crippen molar-refractivity contribution in [2.75, 3.05) is 5.32 Å². The minimum Gasteiger partial charge on any atom is -0.321 e. The standard InChI is InChI=1S/C12H6Cl2FN3O3/c13-9-3-6(15)1-2-10(9)17-12(19)8-4-7(18(20)21)5-16-11(8)14/h1-5H,(H,17,19). The average Bonchev–Trinajstić information content (AvgIpc) is 2.42. The molecule has 0 saturated carbocycles. The number of amides is 1. The Morgan fingerprint density at radius 1 is 1.33 bits per heavy atom. The molecular weight excluding hydrogens is 324 g/mol. The molecule has 0 spiro atoms. The van der Waals surface area contributed by atoms with Crippen molar-refractivity contribution in [3.8, 4) is 0 Å². The molecule has 21 heavy (non-hydrogen) atoms. The van der Waals surface area contributed by atoms with Gasteiger partial charge in [0.25, 0.3) is 11.6 Å². The van der Waals surface area contributed by atoms with Crippen molar-refractivity contribution in [1.82, 2.24) is 4.98 Å². The van der Waals surface area contributed by atoms with Crippen LogP contribution in [0.1, 0.15) is 10.4 Å². The molecule has 2 aromatic rings. The predicted octanol–water partition coefficient (Wildman–Crippen LogP) is 3.69. The molecule has 1 N–H and O–H groups in total. The normalized spacial score (nSPS) is 10.2.